The van der Waals surface area contributed by atoms with Gasteiger partial charge in [0.1, 0.15) is 5.71 Å². The smallest absolute Gasteiger partial charge is 0.182 e. The molecule has 3 aromatic rings. The number of hydrazone groups is 1. The lowest BCUT2D eigenvalue weighted by Crippen LogP contribution is -2.09. The van der Waals surface area contributed by atoms with Gasteiger partial charge in [0.15, 0.2) is 11.6 Å². The molecule has 3 rings (SSSR count). The van der Waals surface area contributed by atoms with Gasteiger partial charge in [-0.2, -0.15) is 5.10 Å². The van der Waals surface area contributed by atoms with Crippen LogP contribution in [0, 0.1) is 5.82 Å². The minimum Gasteiger partial charge on any atom is -0.258 e. The summed E-state index contributed by atoms with van der Waals surface area (Å²) in [5.41, 5.74) is 4.86. The Morgan fingerprint density at radius 1 is 0.864 bits per heavy atom. The summed E-state index contributed by atoms with van der Waals surface area (Å²) in [5.74, 6) is -0.383. The van der Waals surface area contributed by atoms with Crippen LogP contribution in [0.1, 0.15) is 11.3 Å². The number of anilines is 1. The zero-order valence-corrected chi connectivity index (χ0v) is 11.6. The Labute approximate surface area is 127 Å². The van der Waals surface area contributed by atoms with Crippen LogP contribution in [0.4, 0.5) is 10.2 Å². The number of hydrogen-bond donors (Lipinski definition) is 1. The van der Waals surface area contributed by atoms with Crippen LogP contribution in [0.3, 0.4) is 0 Å². The molecule has 0 aliphatic rings. The van der Waals surface area contributed by atoms with E-state index in [4.69, 9.17) is 0 Å². The second kappa shape index (κ2) is 6.58. The van der Waals surface area contributed by atoms with E-state index in [-0.39, 0.29) is 5.82 Å². The van der Waals surface area contributed by atoms with E-state index in [9.17, 15) is 4.39 Å². The van der Waals surface area contributed by atoms with Crippen molar-refractivity contribution in [3.63, 3.8) is 0 Å². The van der Waals surface area contributed by atoms with Crippen molar-refractivity contribution >= 4 is 11.5 Å². The van der Waals surface area contributed by atoms with Gasteiger partial charge >= 0.3 is 0 Å². The monoisotopic (exact) mass is 292 g/mol. The molecule has 0 aliphatic carbocycles. The first-order valence-corrected chi connectivity index (χ1v) is 6.75. The molecule has 0 spiro atoms. The minimum atomic E-state index is -0.459. The average molecular weight is 292 g/mol. The van der Waals surface area contributed by atoms with Crippen LogP contribution in [0.15, 0.2) is 78.2 Å². The Hall–Kier alpha value is -3.08. The zero-order chi connectivity index (χ0) is 15.2. The van der Waals surface area contributed by atoms with Crippen molar-refractivity contribution in [2.45, 2.75) is 0 Å². The van der Waals surface area contributed by atoms with Crippen LogP contribution in [-0.2, 0) is 0 Å². The van der Waals surface area contributed by atoms with E-state index in [1.165, 1.54) is 18.3 Å². The number of aromatic nitrogens is 2. The molecule has 0 fully saturated rings. The van der Waals surface area contributed by atoms with Gasteiger partial charge in [-0.05, 0) is 24.3 Å². The minimum absolute atomic E-state index is 0.0758. The van der Waals surface area contributed by atoms with E-state index in [1.54, 1.807) is 6.20 Å². The average Bonchev–Trinajstić information content (AvgIpc) is 2.59. The number of halogens is 1. The van der Waals surface area contributed by atoms with Gasteiger partial charge in [0.2, 0.25) is 0 Å². The van der Waals surface area contributed by atoms with Crippen molar-refractivity contribution in [3.8, 4) is 0 Å². The van der Waals surface area contributed by atoms with Crippen LogP contribution >= 0.6 is 0 Å². The molecule has 0 bridgehead atoms. The van der Waals surface area contributed by atoms with Crippen molar-refractivity contribution in [2.24, 2.45) is 5.10 Å². The van der Waals surface area contributed by atoms with Gasteiger partial charge in [0.25, 0.3) is 0 Å². The standard InChI is InChI=1S/C17H13FN4/c18-14-9-6-12-20-17(14)22-21-16(13-7-2-1-3-8-13)15-10-4-5-11-19-15/h1-12H,(H,20,22)/b21-16+. The zero-order valence-electron chi connectivity index (χ0n) is 11.6. The Bertz CT molecular complexity index is 731. The van der Waals surface area contributed by atoms with E-state index in [2.05, 4.69) is 20.5 Å². The Morgan fingerprint density at radius 3 is 2.36 bits per heavy atom. The summed E-state index contributed by atoms with van der Waals surface area (Å²) in [6, 6.07) is 18.0. The normalized spacial score (nSPS) is 11.2. The highest BCUT2D eigenvalue weighted by Gasteiger charge is 2.09. The molecule has 22 heavy (non-hydrogen) atoms. The Balaban J connectivity index is 1.99. The third kappa shape index (κ3) is 3.15. The maximum absolute atomic E-state index is 13.6. The van der Waals surface area contributed by atoms with Gasteiger partial charge in [-0.3, -0.25) is 10.4 Å². The lowest BCUT2D eigenvalue weighted by molar-refractivity contribution is 0.625. The van der Waals surface area contributed by atoms with Crippen molar-refractivity contribution in [1.82, 2.24) is 9.97 Å². The molecule has 2 aromatic heterocycles. The molecule has 0 saturated carbocycles. The molecule has 5 heteroatoms. The number of hydrogen-bond acceptors (Lipinski definition) is 4. The Morgan fingerprint density at radius 2 is 1.64 bits per heavy atom. The number of nitrogens with zero attached hydrogens (tertiary/aromatic N) is 3. The van der Waals surface area contributed by atoms with Crippen molar-refractivity contribution in [3.05, 3.63) is 90.1 Å². The predicted molar refractivity (Wildman–Crippen MR) is 84.1 cm³/mol. The van der Waals surface area contributed by atoms with Gasteiger partial charge in [0.05, 0.1) is 5.69 Å². The molecule has 1 N–H and O–H groups in total. The summed E-state index contributed by atoms with van der Waals surface area (Å²) in [5, 5.41) is 4.30. The van der Waals surface area contributed by atoms with E-state index in [0.717, 1.165) is 5.56 Å². The fourth-order valence-corrected chi connectivity index (χ4v) is 1.95. The highest BCUT2D eigenvalue weighted by molar-refractivity contribution is 6.11. The number of rotatable bonds is 4. The second-order valence-electron chi connectivity index (χ2n) is 4.49. The van der Waals surface area contributed by atoms with Crippen LogP contribution in [0.5, 0.6) is 0 Å². The van der Waals surface area contributed by atoms with Crippen LogP contribution < -0.4 is 5.43 Å². The summed E-state index contributed by atoms with van der Waals surface area (Å²) in [4.78, 5) is 8.23. The number of pyridine rings is 2. The van der Waals surface area contributed by atoms with Gasteiger partial charge < -0.3 is 0 Å². The molecule has 108 valence electrons. The molecule has 4 nitrogen and oxygen atoms in total. The number of nitrogens with one attached hydrogen (secondary N) is 1. The van der Waals surface area contributed by atoms with E-state index >= 15 is 0 Å². The second-order valence-corrected chi connectivity index (χ2v) is 4.49. The quantitative estimate of drug-likeness (QED) is 0.591. The summed E-state index contributed by atoms with van der Waals surface area (Å²) < 4.78 is 13.6. The van der Waals surface area contributed by atoms with E-state index in [1.807, 2.05) is 48.5 Å². The molecule has 0 aliphatic heterocycles. The maximum atomic E-state index is 13.6. The fraction of sp³-hybridized carbons (Fsp3) is 0. The summed E-state index contributed by atoms with van der Waals surface area (Å²) in [7, 11) is 0. The molecule has 0 saturated heterocycles. The van der Waals surface area contributed by atoms with Gasteiger partial charge in [0, 0.05) is 18.0 Å². The van der Waals surface area contributed by atoms with Gasteiger partial charge in [-0.15, -0.1) is 0 Å². The summed E-state index contributed by atoms with van der Waals surface area (Å²) in [6.45, 7) is 0. The Kier molecular flexibility index (Phi) is 4.15. The van der Waals surface area contributed by atoms with Crippen LogP contribution in [0.2, 0.25) is 0 Å². The molecular formula is C17H13FN4. The lowest BCUT2D eigenvalue weighted by Gasteiger charge is -2.07. The third-order valence-corrected chi connectivity index (χ3v) is 2.99. The SMILES string of the molecule is Fc1cccnc1N/N=C(\c1ccccc1)c1ccccn1. The molecule has 2 heterocycles. The lowest BCUT2D eigenvalue weighted by atomic mass is 10.1. The van der Waals surface area contributed by atoms with Gasteiger partial charge in [-0.25, -0.2) is 9.37 Å². The topological polar surface area (TPSA) is 50.2 Å². The van der Waals surface area contributed by atoms with Crippen molar-refractivity contribution in [2.75, 3.05) is 5.43 Å². The summed E-state index contributed by atoms with van der Waals surface area (Å²) >= 11 is 0. The summed E-state index contributed by atoms with van der Waals surface area (Å²) in [6.07, 6.45) is 3.19. The largest absolute Gasteiger partial charge is 0.258 e. The fourth-order valence-electron chi connectivity index (χ4n) is 1.95. The van der Waals surface area contributed by atoms with Crippen LogP contribution in [-0.4, -0.2) is 15.7 Å². The molecule has 0 amide bonds. The number of benzene rings is 1. The molecular weight excluding hydrogens is 279 g/mol. The predicted octanol–water partition coefficient (Wildman–Crippen LogP) is 3.48. The highest BCUT2D eigenvalue weighted by Crippen LogP contribution is 2.12. The molecule has 1 aromatic carbocycles. The van der Waals surface area contributed by atoms with Crippen LogP contribution in [0.25, 0.3) is 0 Å². The van der Waals surface area contributed by atoms with E-state index in [0.29, 0.717) is 11.4 Å². The first kappa shape index (κ1) is 13.9. The highest BCUT2D eigenvalue weighted by atomic mass is 19.1. The van der Waals surface area contributed by atoms with Crippen molar-refractivity contribution in [1.29, 1.82) is 0 Å². The van der Waals surface area contributed by atoms with E-state index < -0.39 is 5.82 Å². The maximum Gasteiger partial charge on any atom is 0.182 e. The molecule has 0 atom stereocenters. The first-order valence-electron chi connectivity index (χ1n) is 6.75. The molecule has 0 radical (unpaired) electrons. The molecule has 0 unspecified atom stereocenters. The third-order valence-electron chi connectivity index (χ3n) is 2.99. The van der Waals surface area contributed by atoms with Crippen molar-refractivity contribution < 1.29 is 4.39 Å². The van der Waals surface area contributed by atoms with Gasteiger partial charge in [-0.1, -0.05) is 36.4 Å². The first-order chi connectivity index (χ1) is 10.8.